The van der Waals surface area contributed by atoms with Crippen LogP contribution in [0.15, 0.2) is 65.2 Å². The topological polar surface area (TPSA) is 93.5 Å². The van der Waals surface area contributed by atoms with Crippen molar-refractivity contribution in [2.24, 2.45) is 0 Å². The van der Waals surface area contributed by atoms with Crippen molar-refractivity contribution in [1.82, 2.24) is 10.5 Å². The second-order valence-electron chi connectivity index (χ2n) is 6.95. The highest BCUT2D eigenvalue weighted by Gasteiger charge is 2.17. The van der Waals surface area contributed by atoms with Crippen molar-refractivity contribution in [3.63, 3.8) is 0 Å². The lowest BCUT2D eigenvalue weighted by Gasteiger charge is -2.11. The molecule has 1 aromatic heterocycles. The van der Waals surface area contributed by atoms with E-state index in [1.807, 2.05) is 36.4 Å². The second-order valence-corrected chi connectivity index (χ2v) is 6.95. The summed E-state index contributed by atoms with van der Waals surface area (Å²) in [5.41, 5.74) is 3.59. The molecule has 0 aliphatic rings. The van der Waals surface area contributed by atoms with Crippen molar-refractivity contribution < 1.29 is 18.8 Å². The Morgan fingerprint density at radius 2 is 1.84 bits per heavy atom. The highest BCUT2D eigenvalue weighted by Crippen LogP contribution is 2.22. The molecular weight excluding hydrogens is 394 g/mol. The van der Waals surface area contributed by atoms with Crippen LogP contribution in [0.5, 0.6) is 5.75 Å². The first-order valence-corrected chi connectivity index (χ1v) is 9.98. The number of ether oxygens (including phenoxy) is 1. The average molecular weight is 419 g/mol. The van der Waals surface area contributed by atoms with Crippen molar-refractivity contribution in [1.29, 1.82) is 0 Å². The fourth-order valence-electron chi connectivity index (χ4n) is 2.83. The Hall–Kier alpha value is -3.87. The molecule has 1 unspecified atom stereocenters. The summed E-state index contributed by atoms with van der Waals surface area (Å²) < 4.78 is 10.3. The SMILES string of the molecule is CCc1ccc(-c2cc(NC(=O)C(C)NC(=O)/C=C/c3ccc(OC)cc3)on2)cc1. The van der Waals surface area contributed by atoms with Gasteiger partial charge in [0.05, 0.1) is 7.11 Å². The summed E-state index contributed by atoms with van der Waals surface area (Å²) in [6.45, 7) is 3.68. The Morgan fingerprint density at radius 1 is 1.13 bits per heavy atom. The van der Waals surface area contributed by atoms with E-state index in [0.29, 0.717) is 5.69 Å². The maximum Gasteiger partial charge on any atom is 0.249 e. The molecule has 0 bridgehead atoms. The van der Waals surface area contributed by atoms with E-state index in [1.165, 1.54) is 11.6 Å². The molecule has 3 rings (SSSR count). The van der Waals surface area contributed by atoms with Crippen molar-refractivity contribution in [2.45, 2.75) is 26.3 Å². The Balaban J connectivity index is 1.53. The van der Waals surface area contributed by atoms with Crippen molar-refractivity contribution in [2.75, 3.05) is 12.4 Å². The number of aromatic nitrogens is 1. The monoisotopic (exact) mass is 419 g/mol. The van der Waals surface area contributed by atoms with E-state index in [2.05, 4.69) is 22.7 Å². The summed E-state index contributed by atoms with van der Waals surface area (Å²) >= 11 is 0. The van der Waals surface area contributed by atoms with E-state index in [4.69, 9.17) is 9.26 Å². The third-order valence-corrected chi connectivity index (χ3v) is 4.71. The van der Waals surface area contributed by atoms with Crippen LogP contribution in [-0.2, 0) is 16.0 Å². The lowest BCUT2D eigenvalue weighted by molar-refractivity contribution is -0.123. The number of rotatable bonds is 8. The first kappa shape index (κ1) is 21.8. The van der Waals surface area contributed by atoms with Gasteiger partial charge in [0.15, 0.2) is 0 Å². The van der Waals surface area contributed by atoms with Gasteiger partial charge in [0.25, 0.3) is 0 Å². The molecule has 0 spiro atoms. The number of aryl methyl sites for hydroxylation is 1. The first-order chi connectivity index (χ1) is 15.0. The van der Waals surface area contributed by atoms with Gasteiger partial charge in [0, 0.05) is 17.7 Å². The molecule has 7 nitrogen and oxygen atoms in total. The van der Waals surface area contributed by atoms with Gasteiger partial charge in [0.2, 0.25) is 17.7 Å². The molecule has 7 heteroatoms. The molecule has 1 atom stereocenters. The van der Waals surface area contributed by atoms with Crippen LogP contribution in [0.4, 0.5) is 5.88 Å². The fourth-order valence-corrected chi connectivity index (χ4v) is 2.83. The van der Waals surface area contributed by atoms with E-state index in [9.17, 15) is 9.59 Å². The van der Waals surface area contributed by atoms with Gasteiger partial charge in [-0.3, -0.25) is 14.9 Å². The van der Waals surface area contributed by atoms with Gasteiger partial charge in [-0.2, -0.15) is 0 Å². The molecule has 2 amide bonds. The normalized spacial score (nSPS) is 11.8. The van der Waals surface area contributed by atoms with Crippen LogP contribution in [0.25, 0.3) is 17.3 Å². The summed E-state index contributed by atoms with van der Waals surface area (Å²) in [6.07, 6.45) is 3.99. The summed E-state index contributed by atoms with van der Waals surface area (Å²) in [6, 6.07) is 16.1. The third kappa shape index (κ3) is 6.05. The van der Waals surface area contributed by atoms with Crippen LogP contribution in [0, 0.1) is 0 Å². The van der Waals surface area contributed by atoms with Gasteiger partial charge in [-0.1, -0.05) is 48.5 Å². The van der Waals surface area contributed by atoms with E-state index in [1.54, 1.807) is 38.3 Å². The number of nitrogens with one attached hydrogen (secondary N) is 2. The second kappa shape index (κ2) is 10.2. The molecule has 31 heavy (non-hydrogen) atoms. The number of hydrogen-bond donors (Lipinski definition) is 2. The van der Waals surface area contributed by atoms with Crippen LogP contribution < -0.4 is 15.4 Å². The Kier molecular flexibility index (Phi) is 7.22. The number of benzene rings is 2. The zero-order valence-corrected chi connectivity index (χ0v) is 17.7. The van der Waals surface area contributed by atoms with Gasteiger partial charge in [0.1, 0.15) is 17.5 Å². The molecule has 2 N–H and O–H groups in total. The maximum atomic E-state index is 12.4. The minimum absolute atomic E-state index is 0.217. The summed E-state index contributed by atoms with van der Waals surface area (Å²) in [5, 5.41) is 9.24. The van der Waals surface area contributed by atoms with Crippen LogP contribution in [0.2, 0.25) is 0 Å². The molecule has 0 saturated heterocycles. The first-order valence-electron chi connectivity index (χ1n) is 9.98. The summed E-state index contributed by atoms with van der Waals surface area (Å²) in [7, 11) is 1.59. The zero-order chi connectivity index (χ0) is 22.2. The lowest BCUT2D eigenvalue weighted by atomic mass is 10.1. The standard InChI is InChI=1S/C24H25N3O4/c1-4-17-5-10-19(11-6-17)21-15-23(31-27-21)26-24(29)16(2)25-22(28)14-9-18-7-12-20(30-3)13-8-18/h5-16H,4H2,1-3H3,(H,25,28)(H,26,29)/b14-9+. The van der Waals surface area contributed by atoms with Gasteiger partial charge < -0.3 is 14.6 Å². The molecule has 0 saturated carbocycles. The number of nitrogens with zero attached hydrogens (tertiary/aromatic N) is 1. The van der Waals surface area contributed by atoms with Crippen molar-refractivity contribution in [3.8, 4) is 17.0 Å². The highest BCUT2D eigenvalue weighted by molar-refractivity contribution is 5.99. The summed E-state index contributed by atoms with van der Waals surface area (Å²) in [5.74, 6) is 0.165. The molecule has 3 aromatic rings. The molecule has 0 aliphatic carbocycles. The maximum absolute atomic E-state index is 12.4. The minimum atomic E-state index is -0.759. The molecule has 0 fully saturated rings. The van der Waals surface area contributed by atoms with Gasteiger partial charge in [-0.05, 0) is 42.7 Å². The third-order valence-electron chi connectivity index (χ3n) is 4.71. The minimum Gasteiger partial charge on any atom is -0.497 e. The number of carbonyl (C=O) groups excluding carboxylic acids is 2. The lowest BCUT2D eigenvalue weighted by Crippen LogP contribution is -2.40. The Labute approximate surface area is 181 Å². The molecule has 1 heterocycles. The number of carbonyl (C=O) groups is 2. The quantitative estimate of drug-likeness (QED) is 0.537. The van der Waals surface area contributed by atoms with E-state index >= 15 is 0 Å². The molecule has 0 aliphatic heterocycles. The van der Waals surface area contributed by atoms with Gasteiger partial charge >= 0.3 is 0 Å². The van der Waals surface area contributed by atoms with Crippen LogP contribution in [0.1, 0.15) is 25.0 Å². The predicted octanol–water partition coefficient (Wildman–Crippen LogP) is 4.07. The molecule has 0 radical (unpaired) electrons. The van der Waals surface area contributed by atoms with E-state index in [-0.39, 0.29) is 11.8 Å². The highest BCUT2D eigenvalue weighted by atomic mass is 16.5. The molecular formula is C24H25N3O4. The van der Waals surface area contributed by atoms with Crippen LogP contribution in [0.3, 0.4) is 0 Å². The number of amides is 2. The number of anilines is 1. The number of hydrogen-bond acceptors (Lipinski definition) is 5. The zero-order valence-electron chi connectivity index (χ0n) is 17.7. The van der Waals surface area contributed by atoms with Crippen LogP contribution in [-0.4, -0.2) is 30.1 Å². The number of methoxy groups -OCH3 is 1. The largest absolute Gasteiger partial charge is 0.497 e. The fraction of sp³-hybridized carbons (Fsp3) is 0.208. The Morgan fingerprint density at radius 3 is 2.48 bits per heavy atom. The molecule has 2 aromatic carbocycles. The average Bonchev–Trinajstić information content (AvgIpc) is 3.26. The van der Waals surface area contributed by atoms with Gasteiger partial charge in [-0.15, -0.1) is 0 Å². The van der Waals surface area contributed by atoms with Crippen molar-refractivity contribution >= 4 is 23.8 Å². The van der Waals surface area contributed by atoms with Crippen molar-refractivity contribution in [3.05, 3.63) is 71.8 Å². The smallest absolute Gasteiger partial charge is 0.249 e. The summed E-state index contributed by atoms with van der Waals surface area (Å²) in [4.78, 5) is 24.5. The van der Waals surface area contributed by atoms with Gasteiger partial charge in [-0.25, -0.2) is 0 Å². The van der Waals surface area contributed by atoms with E-state index in [0.717, 1.165) is 23.3 Å². The Bertz CT molecular complexity index is 1050. The molecule has 160 valence electrons. The predicted molar refractivity (Wildman–Crippen MR) is 120 cm³/mol. The van der Waals surface area contributed by atoms with E-state index < -0.39 is 11.9 Å². The van der Waals surface area contributed by atoms with Crippen LogP contribution >= 0.6 is 0 Å².